The predicted molar refractivity (Wildman–Crippen MR) is 127 cm³/mol. The first-order chi connectivity index (χ1) is 14.9. The molecule has 0 atom stereocenters. The maximum absolute atomic E-state index is 12.6. The van der Waals surface area contributed by atoms with Crippen LogP contribution in [-0.2, 0) is 4.79 Å². The minimum atomic E-state index is -0.535. The highest BCUT2D eigenvalue weighted by molar-refractivity contribution is 9.11. The standard InChI is InChI=1S/C24H16Br2N2O3/c1-15-11-20(25)22(21(26)12-15)28-23(29)18(14-27)13-16-7-9-19(10-8-16)31-24(30)17-5-3-2-4-6-17/h2-13H,1H3,(H,28,29)/b18-13+. The molecular formula is C24H16Br2N2O3. The maximum atomic E-state index is 12.6. The summed E-state index contributed by atoms with van der Waals surface area (Å²) in [6.07, 6.45) is 1.47. The van der Waals surface area contributed by atoms with E-state index in [-0.39, 0.29) is 5.57 Å². The van der Waals surface area contributed by atoms with E-state index < -0.39 is 11.9 Å². The molecule has 0 aliphatic carbocycles. The Morgan fingerprint density at radius 2 is 1.61 bits per heavy atom. The first kappa shape index (κ1) is 22.5. The van der Waals surface area contributed by atoms with Gasteiger partial charge < -0.3 is 10.1 Å². The minimum absolute atomic E-state index is 0.0617. The number of benzene rings is 3. The third-order valence-electron chi connectivity index (χ3n) is 4.20. The summed E-state index contributed by atoms with van der Waals surface area (Å²) in [5.41, 5.74) is 2.56. The van der Waals surface area contributed by atoms with Gasteiger partial charge in [0.05, 0.1) is 11.3 Å². The normalized spacial score (nSPS) is 10.8. The SMILES string of the molecule is Cc1cc(Br)c(NC(=O)/C(C#N)=C/c2ccc(OC(=O)c3ccccc3)cc2)c(Br)c1. The second-order valence-corrected chi connectivity index (χ2v) is 8.26. The molecule has 0 bridgehead atoms. The molecule has 0 saturated heterocycles. The van der Waals surface area contributed by atoms with E-state index in [4.69, 9.17) is 4.74 Å². The summed E-state index contributed by atoms with van der Waals surface area (Å²) in [4.78, 5) is 24.7. The van der Waals surface area contributed by atoms with Crippen molar-refractivity contribution in [3.8, 4) is 11.8 Å². The van der Waals surface area contributed by atoms with Crippen molar-refractivity contribution in [1.29, 1.82) is 5.26 Å². The molecule has 31 heavy (non-hydrogen) atoms. The van der Waals surface area contributed by atoms with E-state index in [2.05, 4.69) is 37.2 Å². The van der Waals surface area contributed by atoms with Gasteiger partial charge in [0.1, 0.15) is 17.4 Å². The Hall–Kier alpha value is -3.21. The number of esters is 1. The van der Waals surface area contributed by atoms with Crippen LogP contribution in [0.25, 0.3) is 6.08 Å². The van der Waals surface area contributed by atoms with Gasteiger partial charge in [-0.2, -0.15) is 5.26 Å². The molecule has 154 valence electrons. The van der Waals surface area contributed by atoms with Crippen LogP contribution in [0.15, 0.2) is 81.2 Å². The molecule has 0 unspecified atom stereocenters. The summed E-state index contributed by atoms with van der Waals surface area (Å²) < 4.78 is 6.74. The number of nitrogens with zero attached hydrogens (tertiary/aromatic N) is 1. The first-order valence-electron chi connectivity index (χ1n) is 9.13. The molecule has 0 aliphatic heterocycles. The molecule has 1 N–H and O–H groups in total. The molecule has 0 spiro atoms. The van der Waals surface area contributed by atoms with Gasteiger partial charge in [0.2, 0.25) is 0 Å². The number of amides is 1. The highest BCUT2D eigenvalue weighted by Crippen LogP contribution is 2.32. The van der Waals surface area contributed by atoms with Gasteiger partial charge >= 0.3 is 5.97 Å². The summed E-state index contributed by atoms with van der Waals surface area (Å²) in [5.74, 6) is -0.635. The number of hydrogen-bond donors (Lipinski definition) is 1. The number of aryl methyl sites for hydroxylation is 1. The number of ether oxygens (including phenoxy) is 1. The number of nitrogens with one attached hydrogen (secondary N) is 1. The smallest absolute Gasteiger partial charge is 0.343 e. The van der Waals surface area contributed by atoms with Crippen molar-refractivity contribution in [3.63, 3.8) is 0 Å². The lowest BCUT2D eigenvalue weighted by Gasteiger charge is -2.10. The van der Waals surface area contributed by atoms with Gasteiger partial charge in [-0.3, -0.25) is 4.79 Å². The molecule has 0 aromatic heterocycles. The van der Waals surface area contributed by atoms with Crippen molar-refractivity contribution >= 4 is 55.5 Å². The Bertz CT molecular complexity index is 1170. The fraction of sp³-hybridized carbons (Fsp3) is 0.0417. The molecule has 0 radical (unpaired) electrons. The molecule has 0 heterocycles. The zero-order valence-electron chi connectivity index (χ0n) is 16.4. The number of nitriles is 1. The van der Waals surface area contributed by atoms with E-state index in [1.54, 1.807) is 48.5 Å². The average Bonchev–Trinajstić information content (AvgIpc) is 2.76. The Morgan fingerprint density at radius 1 is 1.00 bits per heavy atom. The van der Waals surface area contributed by atoms with Gasteiger partial charge in [-0.25, -0.2) is 4.79 Å². The van der Waals surface area contributed by atoms with Crippen LogP contribution in [0.2, 0.25) is 0 Å². The Labute approximate surface area is 196 Å². The second-order valence-electron chi connectivity index (χ2n) is 6.55. The van der Waals surface area contributed by atoms with Crippen LogP contribution >= 0.6 is 31.9 Å². The highest BCUT2D eigenvalue weighted by Gasteiger charge is 2.14. The number of anilines is 1. The van der Waals surface area contributed by atoms with Crippen molar-refractivity contribution in [1.82, 2.24) is 0 Å². The Balaban J connectivity index is 1.73. The number of hydrogen-bond acceptors (Lipinski definition) is 4. The molecule has 0 fully saturated rings. The summed E-state index contributed by atoms with van der Waals surface area (Å²) in [6.45, 7) is 1.93. The van der Waals surface area contributed by atoms with E-state index in [0.717, 1.165) is 5.56 Å². The number of halogens is 2. The van der Waals surface area contributed by atoms with Crippen molar-refractivity contribution < 1.29 is 14.3 Å². The summed E-state index contributed by atoms with van der Waals surface area (Å²) in [6, 6.07) is 20.9. The Morgan fingerprint density at radius 3 is 2.19 bits per heavy atom. The van der Waals surface area contributed by atoms with E-state index in [1.807, 2.05) is 31.2 Å². The van der Waals surface area contributed by atoms with E-state index >= 15 is 0 Å². The van der Waals surface area contributed by atoms with Gasteiger partial charge in [0, 0.05) is 8.95 Å². The monoisotopic (exact) mass is 538 g/mol. The van der Waals surface area contributed by atoms with Crippen LogP contribution in [0, 0.1) is 18.3 Å². The van der Waals surface area contributed by atoms with E-state index in [1.165, 1.54) is 6.08 Å². The van der Waals surface area contributed by atoms with Gasteiger partial charge in [-0.15, -0.1) is 0 Å². The molecule has 0 aliphatic rings. The fourth-order valence-corrected chi connectivity index (χ4v) is 4.30. The third-order valence-corrected chi connectivity index (χ3v) is 5.45. The lowest BCUT2D eigenvalue weighted by atomic mass is 10.1. The summed E-state index contributed by atoms with van der Waals surface area (Å²) >= 11 is 6.84. The number of carbonyl (C=O) groups excluding carboxylic acids is 2. The van der Waals surface area contributed by atoms with Gasteiger partial charge in [0.25, 0.3) is 5.91 Å². The zero-order chi connectivity index (χ0) is 22.4. The van der Waals surface area contributed by atoms with Crippen molar-refractivity contribution in [3.05, 3.63) is 97.9 Å². The molecule has 3 rings (SSSR count). The van der Waals surface area contributed by atoms with Crippen LogP contribution in [0.1, 0.15) is 21.5 Å². The lowest BCUT2D eigenvalue weighted by molar-refractivity contribution is -0.112. The quantitative estimate of drug-likeness (QED) is 0.179. The van der Waals surface area contributed by atoms with Crippen LogP contribution in [0.3, 0.4) is 0 Å². The van der Waals surface area contributed by atoms with Crippen LogP contribution in [0.4, 0.5) is 5.69 Å². The van der Waals surface area contributed by atoms with Crippen LogP contribution in [0.5, 0.6) is 5.75 Å². The van der Waals surface area contributed by atoms with Gasteiger partial charge in [-0.05, 0) is 92.4 Å². The minimum Gasteiger partial charge on any atom is -0.423 e. The molecule has 3 aromatic rings. The lowest BCUT2D eigenvalue weighted by Crippen LogP contribution is -2.14. The molecular weight excluding hydrogens is 524 g/mol. The largest absolute Gasteiger partial charge is 0.423 e. The van der Waals surface area contributed by atoms with Crippen molar-refractivity contribution in [2.24, 2.45) is 0 Å². The third kappa shape index (κ3) is 5.91. The van der Waals surface area contributed by atoms with Crippen LogP contribution < -0.4 is 10.1 Å². The average molecular weight is 540 g/mol. The van der Waals surface area contributed by atoms with Crippen molar-refractivity contribution in [2.45, 2.75) is 6.92 Å². The second kappa shape index (κ2) is 10.2. The Kier molecular flexibility index (Phi) is 7.40. The molecule has 0 saturated carbocycles. The maximum Gasteiger partial charge on any atom is 0.343 e. The summed E-state index contributed by atoms with van der Waals surface area (Å²) in [7, 11) is 0. The first-order valence-corrected chi connectivity index (χ1v) is 10.7. The van der Waals surface area contributed by atoms with Crippen molar-refractivity contribution in [2.75, 3.05) is 5.32 Å². The summed E-state index contributed by atoms with van der Waals surface area (Å²) in [5, 5.41) is 12.2. The van der Waals surface area contributed by atoms with Gasteiger partial charge in [0.15, 0.2) is 0 Å². The molecule has 5 nitrogen and oxygen atoms in total. The van der Waals surface area contributed by atoms with E-state index in [9.17, 15) is 14.9 Å². The topological polar surface area (TPSA) is 79.2 Å². The molecule has 7 heteroatoms. The number of rotatable bonds is 5. The van der Waals surface area contributed by atoms with Gasteiger partial charge in [-0.1, -0.05) is 30.3 Å². The number of carbonyl (C=O) groups is 2. The molecule has 1 amide bonds. The molecule has 3 aromatic carbocycles. The predicted octanol–water partition coefficient (Wildman–Crippen LogP) is 6.28. The zero-order valence-corrected chi connectivity index (χ0v) is 19.5. The van der Waals surface area contributed by atoms with Crippen LogP contribution in [-0.4, -0.2) is 11.9 Å². The van der Waals surface area contributed by atoms with E-state index in [0.29, 0.717) is 31.5 Å². The fourth-order valence-electron chi connectivity index (χ4n) is 2.69. The highest BCUT2D eigenvalue weighted by atomic mass is 79.9.